The van der Waals surface area contributed by atoms with E-state index >= 15 is 0 Å². The van der Waals surface area contributed by atoms with Gasteiger partial charge in [0.15, 0.2) is 0 Å². The Labute approximate surface area is 148 Å². The van der Waals surface area contributed by atoms with Crippen LogP contribution >= 0.6 is 11.3 Å². The van der Waals surface area contributed by atoms with Crippen molar-refractivity contribution in [3.63, 3.8) is 0 Å². The lowest BCUT2D eigenvalue weighted by Crippen LogP contribution is -2.43. The molecule has 1 atom stereocenters. The molecule has 0 saturated heterocycles. The number of fused-ring (bicyclic) bond motifs is 1. The van der Waals surface area contributed by atoms with Gasteiger partial charge in [-0.25, -0.2) is 4.79 Å². The maximum absolute atomic E-state index is 12.2. The Morgan fingerprint density at radius 1 is 1.17 bits per heavy atom. The lowest BCUT2D eigenvalue weighted by atomic mass is 9.72. The highest BCUT2D eigenvalue weighted by Crippen LogP contribution is 2.44. The third kappa shape index (κ3) is 4.29. The number of hydrogen-bond donors (Lipinski definition) is 3. The van der Waals surface area contributed by atoms with Gasteiger partial charge in [-0.05, 0) is 56.9 Å². The van der Waals surface area contributed by atoms with Crippen LogP contribution in [0.1, 0.15) is 68.8 Å². The Morgan fingerprint density at radius 2 is 1.79 bits per heavy atom. The Morgan fingerprint density at radius 3 is 2.29 bits per heavy atom. The van der Waals surface area contributed by atoms with Crippen LogP contribution in [-0.2, 0) is 12.8 Å². The van der Waals surface area contributed by atoms with Gasteiger partial charge in [0.05, 0.1) is 5.56 Å². The standard InChI is InChI=1S/C18H29N3O2S/c1-17(2,3)10-7-8-11-12(9-10)24-15(13(11)14(19)22)20-16(23)21-18(4,5)6/h10H,7-9H2,1-6H3,(H2,19,22)(H2,20,21,23). The Bertz CT molecular complexity index is 650. The quantitative estimate of drug-likeness (QED) is 0.754. The van der Waals surface area contributed by atoms with Crippen molar-refractivity contribution in [3.8, 4) is 0 Å². The van der Waals surface area contributed by atoms with Gasteiger partial charge < -0.3 is 11.1 Å². The van der Waals surface area contributed by atoms with Crippen LogP contribution < -0.4 is 16.4 Å². The Balaban J connectivity index is 2.29. The fraction of sp³-hybridized carbons (Fsp3) is 0.667. The lowest BCUT2D eigenvalue weighted by Gasteiger charge is -2.33. The summed E-state index contributed by atoms with van der Waals surface area (Å²) in [5.41, 5.74) is 7.01. The van der Waals surface area contributed by atoms with Crippen molar-refractivity contribution in [2.75, 3.05) is 5.32 Å². The van der Waals surface area contributed by atoms with Crippen LogP contribution in [0.4, 0.5) is 9.80 Å². The van der Waals surface area contributed by atoms with Crippen molar-refractivity contribution in [1.29, 1.82) is 0 Å². The molecule has 1 aliphatic rings. The first kappa shape index (κ1) is 18.8. The van der Waals surface area contributed by atoms with Gasteiger partial charge in [-0.2, -0.15) is 0 Å². The summed E-state index contributed by atoms with van der Waals surface area (Å²) in [7, 11) is 0. The number of thiophene rings is 1. The maximum Gasteiger partial charge on any atom is 0.320 e. The number of amides is 3. The van der Waals surface area contributed by atoms with Gasteiger partial charge in [-0.3, -0.25) is 10.1 Å². The summed E-state index contributed by atoms with van der Waals surface area (Å²) in [6.07, 6.45) is 2.82. The van der Waals surface area contributed by atoms with Crippen LogP contribution in [0.2, 0.25) is 0 Å². The molecule has 2 rings (SSSR count). The largest absolute Gasteiger partial charge is 0.365 e. The van der Waals surface area contributed by atoms with Crippen molar-refractivity contribution in [3.05, 3.63) is 16.0 Å². The fourth-order valence-electron chi connectivity index (χ4n) is 3.15. The number of nitrogens with one attached hydrogen (secondary N) is 2. The van der Waals surface area contributed by atoms with Gasteiger partial charge in [0.1, 0.15) is 5.00 Å². The first-order valence-corrected chi connectivity index (χ1v) is 9.23. The molecule has 0 aliphatic heterocycles. The van der Waals surface area contributed by atoms with Crippen LogP contribution in [-0.4, -0.2) is 17.5 Å². The number of primary amides is 1. The van der Waals surface area contributed by atoms with Gasteiger partial charge in [0, 0.05) is 10.4 Å². The summed E-state index contributed by atoms with van der Waals surface area (Å²) in [5, 5.41) is 6.25. The minimum atomic E-state index is -0.465. The fourth-order valence-corrected chi connectivity index (χ4v) is 4.48. The monoisotopic (exact) mass is 351 g/mol. The molecule has 134 valence electrons. The molecule has 0 saturated carbocycles. The summed E-state index contributed by atoms with van der Waals surface area (Å²) in [6.45, 7) is 12.5. The average Bonchev–Trinajstić information content (AvgIpc) is 2.71. The molecule has 24 heavy (non-hydrogen) atoms. The van der Waals surface area contributed by atoms with Crippen LogP contribution in [0.15, 0.2) is 0 Å². The average molecular weight is 352 g/mol. The zero-order valence-corrected chi connectivity index (χ0v) is 16.3. The molecule has 3 amide bonds. The highest BCUT2D eigenvalue weighted by atomic mass is 32.1. The van der Waals surface area contributed by atoms with E-state index in [2.05, 4.69) is 31.4 Å². The molecule has 1 aromatic rings. The third-order valence-corrected chi connectivity index (χ3v) is 5.62. The van der Waals surface area contributed by atoms with E-state index in [4.69, 9.17) is 5.73 Å². The second-order valence-corrected chi connectivity index (χ2v) is 9.81. The molecule has 0 radical (unpaired) electrons. The third-order valence-electron chi connectivity index (χ3n) is 4.45. The van der Waals surface area contributed by atoms with Crippen molar-refractivity contribution in [1.82, 2.24) is 5.32 Å². The van der Waals surface area contributed by atoms with Gasteiger partial charge in [-0.15, -0.1) is 11.3 Å². The zero-order chi connectivity index (χ0) is 18.3. The smallest absolute Gasteiger partial charge is 0.320 e. The van der Waals surface area contributed by atoms with Gasteiger partial charge in [0.2, 0.25) is 0 Å². The van der Waals surface area contributed by atoms with E-state index in [1.54, 1.807) is 0 Å². The minimum absolute atomic E-state index is 0.228. The molecule has 0 bridgehead atoms. The van der Waals surface area contributed by atoms with E-state index in [1.165, 1.54) is 16.2 Å². The van der Waals surface area contributed by atoms with E-state index in [-0.39, 0.29) is 17.0 Å². The van der Waals surface area contributed by atoms with E-state index < -0.39 is 5.91 Å². The van der Waals surface area contributed by atoms with E-state index in [9.17, 15) is 9.59 Å². The molecule has 0 aromatic carbocycles. The second-order valence-electron chi connectivity index (χ2n) is 8.71. The Hall–Kier alpha value is -1.56. The predicted octanol–water partition coefficient (Wildman–Crippen LogP) is 3.92. The Kier molecular flexibility index (Phi) is 5.00. The summed E-state index contributed by atoms with van der Waals surface area (Å²) in [4.78, 5) is 25.3. The molecule has 4 N–H and O–H groups in total. The number of carbonyl (C=O) groups is 2. The first-order valence-electron chi connectivity index (χ1n) is 8.42. The van der Waals surface area contributed by atoms with E-state index in [0.717, 1.165) is 24.8 Å². The first-order chi connectivity index (χ1) is 10.9. The highest BCUT2D eigenvalue weighted by molar-refractivity contribution is 7.17. The van der Waals surface area contributed by atoms with Crippen molar-refractivity contribution in [2.45, 2.75) is 66.3 Å². The molecule has 6 heteroatoms. The molecule has 0 spiro atoms. The summed E-state index contributed by atoms with van der Waals surface area (Å²) in [5.74, 6) is 0.105. The number of carbonyl (C=O) groups excluding carboxylic acids is 2. The highest BCUT2D eigenvalue weighted by Gasteiger charge is 2.33. The van der Waals surface area contributed by atoms with Crippen LogP contribution in [0.5, 0.6) is 0 Å². The molecule has 1 unspecified atom stereocenters. The minimum Gasteiger partial charge on any atom is -0.365 e. The van der Waals surface area contributed by atoms with Gasteiger partial charge in [-0.1, -0.05) is 20.8 Å². The van der Waals surface area contributed by atoms with Gasteiger partial charge in [0.25, 0.3) is 5.91 Å². The number of hydrogen-bond acceptors (Lipinski definition) is 3. The molecule has 1 aliphatic carbocycles. The molecule has 5 nitrogen and oxygen atoms in total. The molecule has 0 fully saturated rings. The lowest BCUT2D eigenvalue weighted by molar-refractivity contribution is 0.1000. The summed E-state index contributed by atoms with van der Waals surface area (Å²) in [6, 6.07) is -0.309. The van der Waals surface area contributed by atoms with Crippen molar-refractivity contribution >= 4 is 28.3 Å². The van der Waals surface area contributed by atoms with Gasteiger partial charge >= 0.3 is 6.03 Å². The van der Waals surface area contributed by atoms with Crippen molar-refractivity contribution in [2.24, 2.45) is 17.1 Å². The van der Waals surface area contributed by atoms with Crippen molar-refractivity contribution < 1.29 is 9.59 Å². The van der Waals surface area contributed by atoms with Crippen LogP contribution in [0.25, 0.3) is 0 Å². The topological polar surface area (TPSA) is 84.2 Å². The molecular weight excluding hydrogens is 322 g/mol. The zero-order valence-electron chi connectivity index (χ0n) is 15.5. The predicted molar refractivity (Wildman–Crippen MR) is 99.7 cm³/mol. The second kappa shape index (κ2) is 6.39. The summed E-state index contributed by atoms with van der Waals surface area (Å²) < 4.78 is 0. The SMILES string of the molecule is CC(C)(C)NC(=O)Nc1sc2c(c1C(N)=O)CCC(C(C)(C)C)C2. The normalized spacial score (nSPS) is 18.0. The molecule has 1 aromatic heterocycles. The number of urea groups is 1. The molecular formula is C18H29N3O2S. The van der Waals surface area contributed by atoms with Crippen LogP contribution in [0.3, 0.4) is 0 Å². The number of rotatable bonds is 2. The number of nitrogens with two attached hydrogens (primary N) is 1. The van der Waals surface area contributed by atoms with E-state index in [1.807, 2.05) is 20.8 Å². The summed E-state index contributed by atoms with van der Waals surface area (Å²) >= 11 is 1.49. The van der Waals surface area contributed by atoms with E-state index in [0.29, 0.717) is 16.5 Å². The van der Waals surface area contributed by atoms with Crippen LogP contribution in [0, 0.1) is 11.3 Å². The maximum atomic E-state index is 12.2. The molecule has 1 heterocycles. The number of anilines is 1.